The first kappa shape index (κ1) is 10.3. The molecule has 0 aromatic carbocycles. The second-order valence-corrected chi connectivity index (χ2v) is 3.72. The molecule has 74 valence electrons. The molecule has 2 N–H and O–H groups in total. The minimum atomic E-state index is 0.160. The van der Waals surface area contributed by atoms with E-state index < -0.39 is 0 Å². The van der Waals surface area contributed by atoms with Gasteiger partial charge in [-0.3, -0.25) is 4.79 Å². The Bertz CT molecular complexity index is 195. The molecule has 0 spiro atoms. The molecular formula is C10H18N2O. The Morgan fingerprint density at radius 2 is 2.46 bits per heavy atom. The molecule has 1 heterocycles. The summed E-state index contributed by atoms with van der Waals surface area (Å²) in [5.74, 6) is 0.323. The predicted octanol–water partition coefficient (Wildman–Crippen LogP) is 0.678. The topological polar surface area (TPSA) is 41.1 Å². The van der Waals surface area contributed by atoms with Gasteiger partial charge in [0.15, 0.2) is 0 Å². The molecule has 13 heavy (non-hydrogen) atoms. The van der Waals surface area contributed by atoms with Gasteiger partial charge in [-0.2, -0.15) is 0 Å². The molecule has 1 saturated heterocycles. The lowest BCUT2D eigenvalue weighted by Crippen LogP contribution is -2.40. The molecule has 3 heteroatoms. The minimum Gasteiger partial charge on any atom is -0.352 e. The summed E-state index contributed by atoms with van der Waals surface area (Å²) in [6.07, 6.45) is 2.11. The molecule has 0 aromatic heterocycles. The zero-order valence-electron chi connectivity index (χ0n) is 8.23. The van der Waals surface area contributed by atoms with Crippen molar-refractivity contribution in [1.82, 2.24) is 10.6 Å². The third-order valence-corrected chi connectivity index (χ3v) is 2.23. The number of nitrogens with one attached hydrogen (secondary N) is 2. The van der Waals surface area contributed by atoms with Crippen LogP contribution in [0.4, 0.5) is 0 Å². The van der Waals surface area contributed by atoms with Gasteiger partial charge in [0.1, 0.15) is 0 Å². The third kappa shape index (κ3) is 3.59. The van der Waals surface area contributed by atoms with Crippen LogP contribution in [0.2, 0.25) is 0 Å². The van der Waals surface area contributed by atoms with Crippen LogP contribution in [0.3, 0.4) is 0 Å². The van der Waals surface area contributed by atoms with Crippen LogP contribution in [-0.2, 0) is 4.79 Å². The predicted molar refractivity (Wildman–Crippen MR) is 53.4 cm³/mol. The Morgan fingerprint density at radius 3 is 3.00 bits per heavy atom. The van der Waals surface area contributed by atoms with E-state index in [-0.39, 0.29) is 11.8 Å². The normalized spacial score (nSPS) is 22.4. The van der Waals surface area contributed by atoms with Crippen LogP contribution in [0.1, 0.15) is 19.8 Å². The fraction of sp³-hybridized carbons (Fsp3) is 0.700. The van der Waals surface area contributed by atoms with Gasteiger partial charge < -0.3 is 10.6 Å². The molecule has 1 aliphatic heterocycles. The van der Waals surface area contributed by atoms with Gasteiger partial charge in [-0.25, -0.2) is 0 Å². The number of rotatable bonds is 3. The fourth-order valence-corrected chi connectivity index (χ4v) is 1.46. The maximum atomic E-state index is 11.5. The van der Waals surface area contributed by atoms with E-state index in [0.717, 1.165) is 31.5 Å². The highest BCUT2D eigenvalue weighted by molar-refractivity contribution is 5.79. The molecule has 1 amide bonds. The lowest BCUT2D eigenvalue weighted by atomic mass is 9.99. The zero-order chi connectivity index (χ0) is 9.68. The first-order valence-corrected chi connectivity index (χ1v) is 4.83. The molecule has 0 radical (unpaired) electrons. The standard InChI is InChI=1S/C10H18N2O/c1-8(2)6-12-10(13)9-4-3-5-11-7-9/h9,11H,1,3-7H2,2H3,(H,12,13)/t9-/m0/s1. The number of carbonyl (C=O) groups excluding carboxylic acids is 1. The minimum absolute atomic E-state index is 0.160. The van der Waals surface area contributed by atoms with Gasteiger partial charge in [0, 0.05) is 13.1 Å². The van der Waals surface area contributed by atoms with Crippen LogP contribution in [0.5, 0.6) is 0 Å². The molecule has 0 aliphatic carbocycles. The van der Waals surface area contributed by atoms with Crippen molar-refractivity contribution in [2.45, 2.75) is 19.8 Å². The van der Waals surface area contributed by atoms with Crippen molar-refractivity contribution < 1.29 is 4.79 Å². The number of carbonyl (C=O) groups is 1. The van der Waals surface area contributed by atoms with E-state index in [1.165, 1.54) is 0 Å². The Labute approximate surface area is 79.6 Å². The van der Waals surface area contributed by atoms with Gasteiger partial charge in [-0.05, 0) is 26.3 Å². The van der Waals surface area contributed by atoms with E-state index in [0.29, 0.717) is 6.54 Å². The van der Waals surface area contributed by atoms with Crippen LogP contribution in [0, 0.1) is 5.92 Å². The van der Waals surface area contributed by atoms with Crippen LogP contribution in [0.25, 0.3) is 0 Å². The highest BCUT2D eigenvalue weighted by atomic mass is 16.1. The van der Waals surface area contributed by atoms with Crippen molar-refractivity contribution in [2.75, 3.05) is 19.6 Å². The number of piperidine rings is 1. The summed E-state index contributed by atoms with van der Waals surface area (Å²) in [5.41, 5.74) is 0.997. The third-order valence-electron chi connectivity index (χ3n) is 2.23. The molecule has 0 aromatic rings. The van der Waals surface area contributed by atoms with Gasteiger partial charge in [0.05, 0.1) is 5.92 Å². The van der Waals surface area contributed by atoms with Crippen LogP contribution in [-0.4, -0.2) is 25.5 Å². The monoisotopic (exact) mass is 182 g/mol. The number of hydrogen-bond donors (Lipinski definition) is 2. The molecule has 1 fully saturated rings. The second kappa shape index (κ2) is 5.02. The molecule has 0 bridgehead atoms. The smallest absolute Gasteiger partial charge is 0.224 e. The maximum Gasteiger partial charge on any atom is 0.224 e. The molecule has 1 atom stereocenters. The van der Waals surface area contributed by atoms with Gasteiger partial charge in [-0.15, -0.1) is 0 Å². The van der Waals surface area contributed by atoms with E-state index >= 15 is 0 Å². The first-order chi connectivity index (χ1) is 6.20. The average Bonchev–Trinajstić information content (AvgIpc) is 2.15. The summed E-state index contributed by atoms with van der Waals surface area (Å²) >= 11 is 0. The molecule has 0 unspecified atom stereocenters. The highest BCUT2D eigenvalue weighted by Gasteiger charge is 2.19. The molecule has 3 nitrogen and oxygen atoms in total. The SMILES string of the molecule is C=C(C)CNC(=O)[C@H]1CCCNC1. The summed E-state index contributed by atoms with van der Waals surface area (Å²) in [7, 11) is 0. The first-order valence-electron chi connectivity index (χ1n) is 4.83. The van der Waals surface area contributed by atoms with Gasteiger partial charge in [-0.1, -0.05) is 12.2 Å². The van der Waals surface area contributed by atoms with Gasteiger partial charge in [0.25, 0.3) is 0 Å². The quantitative estimate of drug-likeness (QED) is 0.630. The fourth-order valence-electron chi connectivity index (χ4n) is 1.46. The van der Waals surface area contributed by atoms with E-state index in [4.69, 9.17) is 0 Å². The summed E-state index contributed by atoms with van der Waals surface area (Å²) in [4.78, 5) is 11.5. The molecule has 1 aliphatic rings. The zero-order valence-corrected chi connectivity index (χ0v) is 8.23. The van der Waals surface area contributed by atoms with Crippen molar-refractivity contribution in [3.05, 3.63) is 12.2 Å². The number of hydrogen-bond acceptors (Lipinski definition) is 2. The molecular weight excluding hydrogens is 164 g/mol. The summed E-state index contributed by atoms with van der Waals surface area (Å²) < 4.78 is 0. The van der Waals surface area contributed by atoms with Crippen molar-refractivity contribution in [2.24, 2.45) is 5.92 Å². The maximum absolute atomic E-state index is 11.5. The van der Waals surface area contributed by atoms with Gasteiger partial charge in [0.2, 0.25) is 5.91 Å². The van der Waals surface area contributed by atoms with Crippen molar-refractivity contribution in [1.29, 1.82) is 0 Å². The Kier molecular flexibility index (Phi) is 3.96. The Hall–Kier alpha value is -0.830. The molecule has 1 rings (SSSR count). The van der Waals surface area contributed by atoms with Gasteiger partial charge >= 0.3 is 0 Å². The van der Waals surface area contributed by atoms with E-state index in [2.05, 4.69) is 17.2 Å². The summed E-state index contributed by atoms with van der Waals surface area (Å²) in [5, 5.41) is 6.09. The van der Waals surface area contributed by atoms with Crippen LogP contribution in [0.15, 0.2) is 12.2 Å². The summed E-state index contributed by atoms with van der Waals surface area (Å²) in [6.45, 7) is 8.13. The van der Waals surface area contributed by atoms with Crippen molar-refractivity contribution in [3.63, 3.8) is 0 Å². The lowest BCUT2D eigenvalue weighted by Gasteiger charge is -2.21. The highest BCUT2D eigenvalue weighted by Crippen LogP contribution is 2.09. The Balaban J connectivity index is 2.25. The average molecular weight is 182 g/mol. The van der Waals surface area contributed by atoms with Crippen LogP contribution >= 0.6 is 0 Å². The van der Waals surface area contributed by atoms with E-state index in [9.17, 15) is 4.79 Å². The van der Waals surface area contributed by atoms with Crippen molar-refractivity contribution >= 4 is 5.91 Å². The number of amides is 1. The van der Waals surface area contributed by atoms with E-state index in [1.807, 2.05) is 6.92 Å². The second-order valence-electron chi connectivity index (χ2n) is 3.72. The van der Waals surface area contributed by atoms with Crippen molar-refractivity contribution in [3.8, 4) is 0 Å². The molecule has 0 saturated carbocycles. The Morgan fingerprint density at radius 1 is 1.69 bits per heavy atom. The van der Waals surface area contributed by atoms with Crippen LogP contribution < -0.4 is 10.6 Å². The lowest BCUT2D eigenvalue weighted by molar-refractivity contribution is -0.125. The summed E-state index contributed by atoms with van der Waals surface area (Å²) in [6, 6.07) is 0. The van der Waals surface area contributed by atoms with E-state index in [1.54, 1.807) is 0 Å². The largest absolute Gasteiger partial charge is 0.352 e.